The molecular formula is C7H15ClN2O2S. The predicted molar refractivity (Wildman–Crippen MR) is 53.0 cm³/mol. The zero-order valence-electron chi connectivity index (χ0n) is 7.90. The maximum absolute atomic E-state index is 11.6. The molecular weight excluding hydrogens is 212 g/mol. The maximum atomic E-state index is 11.6. The van der Waals surface area contributed by atoms with Crippen molar-refractivity contribution < 1.29 is 8.42 Å². The SMILES string of the molecule is CN(C)S(=O)(=O)N1CCC(CCl)C1. The van der Waals surface area contributed by atoms with Crippen molar-refractivity contribution in [3.05, 3.63) is 0 Å². The van der Waals surface area contributed by atoms with Crippen LogP contribution < -0.4 is 0 Å². The van der Waals surface area contributed by atoms with Gasteiger partial charge >= 0.3 is 0 Å². The van der Waals surface area contributed by atoms with E-state index in [9.17, 15) is 8.42 Å². The van der Waals surface area contributed by atoms with E-state index in [0.717, 1.165) is 6.42 Å². The lowest BCUT2D eigenvalue weighted by molar-refractivity contribution is 0.414. The first kappa shape index (κ1) is 11.2. The first-order chi connectivity index (χ1) is 5.98. The smallest absolute Gasteiger partial charge is 0.195 e. The Hall–Kier alpha value is 0.160. The molecule has 1 fully saturated rings. The first-order valence-electron chi connectivity index (χ1n) is 4.22. The molecule has 78 valence electrons. The normalized spacial score (nSPS) is 25.7. The molecule has 1 atom stereocenters. The zero-order chi connectivity index (χ0) is 10.1. The van der Waals surface area contributed by atoms with Gasteiger partial charge in [-0.05, 0) is 12.3 Å². The molecule has 0 amide bonds. The molecule has 0 bridgehead atoms. The summed E-state index contributed by atoms with van der Waals surface area (Å²) in [6, 6.07) is 0. The topological polar surface area (TPSA) is 40.6 Å². The van der Waals surface area contributed by atoms with Crippen LogP contribution in [0.15, 0.2) is 0 Å². The van der Waals surface area contributed by atoms with Gasteiger partial charge in [-0.25, -0.2) is 0 Å². The highest BCUT2D eigenvalue weighted by molar-refractivity contribution is 7.86. The van der Waals surface area contributed by atoms with Gasteiger partial charge in [0.1, 0.15) is 0 Å². The number of alkyl halides is 1. The predicted octanol–water partition coefficient (Wildman–Crippen LogP) is 0.354. The van der Waals surface area contributed by atoms with E-state index in [4.69, 9.17) is 11.6 Å². The third-order valence-electron chi connectivity index (χ3n) is 2.25. The van der Waals surface area contributed by atoms with E-state index in [0.29, 0.717) is 24.9 Å². The van der Waals surface area contributed by atoms with E-state index in [1.807, 2.05) is 0 Å². The molecule has 0 aliphatic carbocycles. The molecule has 0 N–H and O–H groups in total. The Morgan fingerprint density at radius 3 is 2.54 bits per heavy atom. The number of nitrogens with zero attached hydrogens (tertiary/aromatic N) is 2. The van der Waals surface area contributed by atoms with Gasteiger partial charge in [0.2, 0.25) is 0 Å². The summed E-state index contributed by atoms with van der Waals surface area (Å²) in [7, 11) is -0.122. The summed E-state index contributed by atoms with van der Waals surface area (Å²) in [4.78, 5) is 0. The van der Waals surface area contributed by atoms with E-state index in [1.165, 1.54) is 8.61 Å². The molecule has 1 aliphatic heterocycles. The molecule has 0 saturated carbocycles. The lowest BCUT2D eigenvalue weighted by atomic mass is 10.2. The van der Waals surface area contributed by atoms with Crippen LogP contribution in [0.1, 0.15) is 6.42 Å². The van der Waals surface area contributed by atoms with Gasteiger partial charge in [0.25, 0.3) is 10.2 Å². The van der Waals surface area contributed by atoms with Crippen LogP contribution in [0, 0.1) is 5.92 Å². The standard InChI is InChI=1S/C7H15ClN2O2S/c1-9(2)13(11,12)10-4-3-7(5-8)6-10/h7H,3-6H2,1-2H3. The summed E-state index contributed by atoms with van der Waals surface area (Å²) in [5, 5.41) is 0. The Balaban J connectivity index is 2.66. The number of rotatable bonds is 3. The van der Waals surface area contributed by atoms with Crippen LogP contribution in [-0.2, 0) is 10.2 Å². The summed E-state index contributed by atoms with van der Waals surface area (Å²) in [5.74, 6) is 0.857. The minimum atomic E-state index is -3.21. The Bertz CT molecular complexity index is 266. The summed E-state index contributed by atoms with van der Waals surface area (Å²) >= 11 is 5.67. The fourth-order valence-electron chi connectivity index (χ4n) is 1.36. The van der Waals surface area contributed by atoms with Gasteiger partial charge in [0, 0.05) is 33.1 Å². The van der Waals surface area contributed by atoms with Gasteiger partial charge in [-0.1, -0.05) is 0 Å². The highest BCUT2D eigenvalue weighted by Crippen LogP contribution is 2.21. The molecule has 0 aromatic heterocycles. The van der Waals surface area contributed by atoms with Crippen LogP contribution in [0.5, 0.6) is 0 Å². The van der Waals surface area contributed by atoms with Crippen LogP contribution in [0.25, 0.3) is 0 Å². The Labute approximate surface area is 84.6 Å². The van der Waals surface area contributed by atoms with Crippen molar-refractivity contribution in [3.8, 4) is 0 Å². The maximum Gasteiger partial charge on any atom is 0.281 e. The third kappa shape index (κ3) is 2.34. The summed E-state index contributed by atoms with van der Waals surface area (Å²) in [6.45, 7) is 1.15. The monoisotopic (exact) mass is 226 g/mol. The molecule has 1 heterocycles. The minimum absolute atomic E-state index is 0.316. The van der Waals surface area contributed by atoms with Crippen LogP contribution in [0.4, 0.5) is 0 Å². The molecule has 0 aromatic rings. The van der Waals surface area contributed by atoms with E-state index >= 15 is 0 Å². The average molecular weight is 227 g/mol. The molecule has 1 rings (SSSR count). The van der Waals surface area contributed by atoms with E-state index < -0.39 is 10.2 Å². The summed E-state index contributed by atoms with van der Waals surface area (Å²) < 4.78 is 25.9. The Morgan fingerprint density at radius 2 is 2.15 bits per heavy atom. The van der Waals surface area contributed by atoms with Crippen LogP contribution >= 0.6 is 11.6 Å². The lowest BCUT2D eigenvalue weighted by Gasteiger charge is -2.20. The van der Waals surface area contributed by atoms with Crippen molar-refractivity contribution in [1.29, 1.82) is 0 Å². The summed E-state index contributed by atoms with van der Waals surface area (Å²) in [5.41, 5.74) is 0. The van der Waals surface area contributed by atoms with E-state index in [-0.39, 0.29) is 0 Å². The van der Waals surface area contributed by atoms with Gasteiger partial charge in [-0.3, -0.25) is 0 Å². The molecule has 0 spiro atoms. The molecule has 6 heteroatoms. The van der Waals surface area contributed by atoms with Gasteiger partial charge in [0.05, 0.1) is 0 Å². The van der Waals surface area contributed by atoms with Gasteiger partial charge < -0.3 is 0 Å². The second-order valence-electron chi connectivity index (χ2n) is 3.46. The molecule has 4 nitrogen and oxygen atoms in total. The lowest BCUT2D eigenvalue weighted by Crippen LogP contribution is -2.38. The minimum Gasteiger partial charge on any atom is -0.195 e. The fourth-order valence-corrected chi connectivity index (χ4v) is 2.81. The largest absolute Gasteiger partial charge is 0.281 e. The fraction of sp³-hybridized carbons (Fsp3) is 1.00. The van der Waals surface area contributed by atoms with E-state index in [1.54, 1.807) is 14.1 Å². The van der Waals surface area contributed by atoms with Crippen LogP contribution in [0.3, 0.4) is 0 Å². The first-order valence-corrected chi connectivity index (χ1v) is 6.15. The highest BCUT2D eigenvalue weighted by atomic mass is 35.5. The van der Waals surface area contributed by atoms with E-state index in [2.05, 4.69) is 0 Å². The number of hydrogen-bond acceptors (Lipinski definition) is 2. The summed E-state index contributed by atoms with van der Waals surface area (Å²) in [6.07, 6.45) is 0.872. The van der Waals surface area contributed by atoms with Gasteiger partial charge in [0.15, 0.2) is 0 Å². The van der Waals surface area contributed by atoms with Crippen molar-refractivity contribution >= 4 is 21.8 Å². The van der Waals surface area contributed by atoms with Crippen molar-refractivity contribution in [2.45, 2.75) is 6.42 Å². The molecule has 1 saturated heterocycles. The number of halogens is 1. The van der Waals surface area contributed by atoms with Crippen molar-refractivity contribution in [3.63, 3.8) is 0 Å². The van der Waals surface area contributed by atoms with Crippen molar-refractivity contribution in [2.75, 3.05) is 33.1 Å². The molecule has 1 aliphatic rings. The van der Waals surface area contributed by atoms with Crippen molar-refractivity contribution in [1.82, 2.24) is 8.61 Å². The highest BCUT2D eigenvalue weighted by Gasteiger charge is 2.31. The molecule has 1 unspecified atom stereocenters. The zero-order valence-corrected chi connectivity index (χ0v) is 9.48. The number of hydrogen-bond donors (Lipinski definition) is 0. The quantitative estimate of drug-likeness (QED) is 0.652. The van der Waals surface area contributed by atoms with Gasteiger partial charge in [-0.15, -0.1) is 11.6 Å². The van der Waals surface area contributed by atoms with Crippen molar-refractivity contribution in [2.24, 2.45) is 5.92 Å². The van der Waals surface area contributed by atoms with Crippen LogP contribution in [0.2, 0.25) is 0 Å². The second kappa shape index (κ2) is 4.13. The average Bonchev–Trinajstić information content (AvgIpc) is 2.51. The van der Waals surface area contributed by atoms with Gasteiger partial charge in [-0.2, -0.15) is 17.0 Å². The molecule has 13 heavy (non-hydrogen) atoms. The third-order valence-corrected chi connectivity index (χ3v) is 4.60. The second-order valence-corrected chi connectivity index (χ2v) is 5.91. The Morgan fingerprint density at radius 1 is 1.54 bits per heavy atom. The van der Waals surface area contributed by atoms with Crippen LogP contribution in [-0.4, -0.2) is 50.1 Å². The molecule has 0 aromatic carbocycles. The molecule has 0 radical (unpaired) electrons. The Kier molecular flexibility index (Phi) is 3.57.